The second-order valence-corrected chi connectivity index (χ2v) is 7.16. The van der Waals surface area contributed by atoms with Crippen LogP contribution in [0.3, 0.4) is 0 Å². The molecule has 1 aromatic rings. The van der Waals surface area contributed by atoms with Crippen LogP contribution >= 0.6 is 0 Å². The summed E-state index contributed by atoms with van der Waals surface area (Å²) in [7, 11) is 0. The van der Waals surface area contributed by atoms with E-state index in [0.29, 0.717) is 11.5 Å². The van der Waals surface area contributed by atoms with Gasteiger partial charge < -0.3 is 10.2 Å². The van der Waals surface area contributed by atoms with E-state index in [9.17, 15) is 4.39 Å². The molecule has 3 heteroatoms. The van der Waals surface area contributed by atoms with E-state index in [-0.39, 0.29) is 5.82 Å². The molecule has 0 spiro atoms. The zero-order valence-electron chi connectivity index (χ0n) is 12.6. The molecule has 1 aromatic carbocycles. The van der Waals surface area contributed by atoms with Gasteiger partial charge in [0.05, 0.1) is 0 Å². The quantitative estimate of drug-likeness (QED) is 0.902. The topological polar surface area (TPSA) is 15.3 Å². The summed E-state index contributed by atoms with van der Waals surface area (Å²) in [5.74, 6) is -0.113. The van der Waals surface area contributed by atoms with Crippen molar-refractivity contribution in [2.75, 3.05) is 18.0 Å². The zero-order chi connectivity index (χ0) is 14.2. The number of rotatable bonds is 4. The van der Waals surface area contributed by atoms with E-state index in [4.69, 9.17) is 0 Å². The third-order valence-electron chi connectivity index (χ3n) is 4.38. The predicted octanol–water partition coefficient (Wildman–Crippen LogP) is 3.70. The van der Waals surface area contributed by atoms with Gasteiger partial charge >= 0.3 is 0 Å². The van der Waals surface area contributed by atoms with Crippen molar-refractivity contribution >= 4 is 5.69 Å². The molecule has 0 aromatic heterocycles. The van der Waals surface area contributed by atoms with E-state index in [1.165, 1.54) is 25.7 Å². The van der Waals surface area contributed by atoms with Crippen LogP contribution in [0.5, 0.6) is 0 Å². The smallest absolute Gasteiger partial charge is 0.125 e. The van der Waals surface area contributed by atoms with Gasteiger partial charge in [-0.1, -0.05) is 13.8 Å². The van der Waals surface area contributed by atoms with Crippen molar-refractivity contribution in [3.8, 4) is 0 Å². The van der Waals surface area contributed by atoms with Crippen LogP contribution in [-0.4, -0.2) is 19.1 Å². The van der Waals surface area contributed by atoms with E-state index in [1.807, 2.05) is 0 Å². The lowest BCUT2D eigenvalue weighted by molar-refractivity contribution is 0.293. The van der Waals surface area contributed by atoms with Crippen molar-refractivity contribution in [2.45, 2.75) is 52.1 Å². The molecule has 20 heavy (non-hydrogen) atoms. The van der Waals surface area contributed by atoms with Crippen LogP contribution in [0.1, 0.15) is 45.1 Å². The average molecular weight is 276 g/mol. The number of hydrogen-bond donors (Lipinski definition) is 1. The highest BCUT2D eigenvalue weighted by molar-refractivity contribution is 5.49. The van der Waals surface area contributed by atoms with Crippen LogP contribution < -0.4 is 10.2 Å². The van der Waals surface area contributed by atoms with Gasteiger partial charge in [-0.25, -0.2) is 4.39 Å². The molecular weight excluding hydrogens is 251 g/mol. The van der Waals surface area contributed by atoms with Crippen molar-refractivity contribution in [2.24, 2.45) is 5.41 Å². The summed E-state index contributed by atoms with van der Waals surface area (Å²) in [6.45, 7) is 7.45. The van der Waals surface area contributed by atoms with Crippen LogP contribution in [0.4, 0.5) is 10.1 Å². The fraction of sp³-hybridized carbons (Fsp3) is 0.647. The molecule has 0 unspecified atom stereocenters. The fourth-order valence-electron chi connectivity index (χ4n) is 3.11. The molecular formula is C17H25FN2. The van der Waals surface area contributed by atoms with Crippen molar-refractivity contribution in [3.63, 3.8) is 0 Å². The first-order valence-corrected chi connectivity index (χ1v) is 7.80. The Balaban J connectivity index is 1.74. The third kappa shape index (κ3) is 3.51. The Labute approximate surface area is 121 Å². The number of nitrogens with zero attached hydrogens (tertiary/aromatic N) is 1. The molecule has 2 fully saturated rings. The third-order valence-corrected chi connectivity index (χ3v) is 4.38. The van der Waals surface area contributed by atoms with E-state index < -0.39 is 0 Å². The lowest BCUT2D eigenvalue weighted by Crippen LogP contribution is -2.40. The molecule has 1 heterocycles. The average Bonchev–Trinajstić information content (AvgIpc) is 3.18. The number of benzene rings is 1. The van der Waals surface area contributed by atoms with Crippen molar-refractivity contribution in [1.29, 1.82) is 0 Å². The Bertz CT molecular complexity index is 480. The van der Waals surface area contributed by atoms with Gasteiger partial charge in [0.2, 0.25) is 0 Å². The van der Waals surface area contributed by atoms with Gasteiger partial charge in [0.25, 0.3) is 0 Å². The highest BCUT2D eigenvalue weighted by Crippen LogP contribution is 2.32. The number of nitrogens with one attached hydrogen (secondary N) is 1. The molecule has 0 amide bonds. The summed E-state index contributed by atoms with van der Waals surface area (Å²) < 4.78 is 13.9. The summed E-state index contributed by atoms with van der Waals surface area (Å²) in [4.78, 5) is 2.34. The van der Waals surface area contributed by atoms with Gasteiger partial charge in [-0.3, -0.25) is 0 Å². The van der Waals surface area contributed by atoms with Crippen LogP contribution in [-0.2, 0) is 6.54 Å². The fourth-order valence-corrected chi connectivity index (χ4v) is 3.11. The molecule has 1 aliphatic carbocycles. The Morgan fingerprint density at radius 3 is 2.80 bits per heavy atom. The predicted molar refractivity (Wildman–Crippen MR) is 81.5 cm³/mol. The number of hydrogen-bond acceptors (Lipinski definition) is 2. The maximum absolute atomic E-state index is 13.9. The standard InChI is InChI=1S/C17H25FN2/c1-17(2)6-3-7-20(12-17)16-9-13(8-14(18)10-16)11-19-15-4-5-15/h8-10,15,19H,3-7,11-12H2,1-2H3. The second-order valence-electron chi connectivity index (χ2n) is 7.16. The lowest BCUT2D eigenvalue weighted by Gasteiger charge is -2.39. The molecule has 1 saturated heterocycles. The molecule has 3 rings (SSSR count). The zero-order valence-corrected chi connectivity index (χ0v) is 12.6. The Hall–Kier alpha value is -1.09. The largest absolute Gasteiger partial charge is 0.371 e. The first kappa shape index (κ1) is 13.9. The van der Waals surface area contributed by atoms with Gasteiger partial charge in [0.15, 0.2) is 0 Å². The first-order valence-electron chi connectivity index (χ1n) is 7.80. The Morgan fingerprint density at radius 1 is 1.30 bits per heavy atom. The van der Waals surface area contributed by atoms with E-state index in [2.05, 4.69) is 30.1 Å². The number of piperidine rings is 1. The summed E-state index contributed by atoms with van der Waals surface area (Å²) in [5.41, 5.74) is 2.44. The van der Waals surface area contributed by atoms with Gasteiger partial charge in [-0.2, -0.15) is 0 Å². The Morgan fingerprint density at radius 2 is 2.10 bits per heavy atom. The minimum Gasteiger partial charge on any atom is -0.371 e. The molecule has 0 radical (unpaired) electrons. The van der Waals surface area contributed by atoms with Crippen LogP contribution in [0.2, 0.25) is 0 Å². The maximum Gasteiger partial charge on any atom is 0.125 e. The van der Waals surface area contributed by atoms with Gasteiger partial charge in [-0.15, -0.1) is 0 Å². The molecule has 110 valence electrons. The number of anilines is 1. The Kier molecular flexibility index (Phi) is 3.72. The summed E-state index contributed by atoms with van der Waals surface area (Å²) in [6.07, 6.45) is 4.99. The van der Waals surface area contributed by atoms with Gasteiger partial charge in [0, 0.05) is 31.4 Å². The SMILES string of the molecule is CC1(C)CCCN(c2cc(F)cc(CNC3CC3)c2)C1. The molecule has 1 N–H and O–H groups in total. The number of halogens is 1. The van der Waals surface area contributed by atoms with Crippen molar-refractivity contribution in [3.05, 3.63) is 29.6 Å². The normalized spacial score (nSPS) is 22.1. The van der Waals surface area contributed by atoms with Crippen LogP contribution in [0, 0.1) is 11.2 Å². The molecule has 2 nitrogen and oxygen atoms in total. The summed E-state index contributed by atoms with van der Waals surface area (Å²) in [5, 5.41) is 3.46. The minimum absolute atomic E-state index is 0.113. The highest BCUT2D eigenvalue weighted by Gasteiger charge is 2.27. The maximum atomic E-state index is 13.9. The molecule has 1 aliphatic heterocycles. The van der Waals surface area contributed by atoms with Crippen LogP contribution in [0.15, 0.2) is 18.2 Å². The van der Waals surface area contributed by atoms with E-state index in [0.717, 1.165) is 30.9 Å². The van der Waals surface area contributed by atoms with Gasteiger partial charge in [0.1, 0.15) is 5.82 Å². The molecule has 2 aliphatic rings. The monoisotopic (exact) mass is 276 g/mol. The minimum atomic E-state index is -0.113. The van der Waals surface area contributed by atoms with Gasteiger partial charge in [-0.05, 0) is 54.9 Å². The first-order chi connectivity index (χ1) is 9.52. The highest BCUT2D eigenvalue weighted by atomic mass is 19.1. The lowest BCUT2D eigenvalue weighted by atomic mass is 9.84. The summed E-state index contributed by atoms with van der Waals surface area (Å²) >= 11 is 0. The summed E-state index contributed by atoms with van der Waals surface area (Å²) in [6, 6.07) is 6.16. The van der Waals surface area contributed by atoms with Crippen molar-refractivity contribution in [1.82, 2.24) is 5.32 Å². The van der Waals surface area contributed by atoms with E-state index in [1.54, 1.807) is 12.1 Å². The molecule has 1 saturated carbocycles. The van der Waals surface area contributed by atoms with E-state index >= 15 is 0 Å². The van der Waals surface area contributed by atoms with Crippen molar-refractivity contribution < 1.29 is 4.39 Å². The molecule has 0 bridgehead atoms. The van der Waals surface area contributed by atoms with Crippen LogP contribution in [0.25, 0.3) is 0 Å². The molecule has 0 atom stereocenters. The second kappa shape index (κ2) is 5.36.